The summed E-state index contributed by atoms with van der Waals surface area (Å²) < 4.78 is 5.69. The normalized spacial score (nSPS) is 18.8. The molecule has 5 heteroatoms. The van der Waals surface area contributed by atoms with Gasteiger partial charge >= 0.3 is 0 Å². The molecule has 2 heterocycles. The molecule has 0 bridgehead atoms. The van der Waals surface area contributed by atoms with Crippen LogP contribution in [0.4, 0.5) is 5.95 Å². The molecule has 1 aromatic carbocycles. The number of β-amino-alcohol motifs (C(OH)–C–C–N with tert-alkyl or cyclic N) is 1. The van der Waals surface area contributed by atoms with Gasteiger partial charge in [-0.15, -0.1) is 0 Å². The third kappa shape index (κ3) is 3.95. The lowest BCUT2D eigenvalue weighted by Gasteiger charge is -2.21. The van der Waals surface area contributed by atoms with Gasteiger partial charge in [0.05, 0.1) is 18.5 Å². The molecule has 0 saturated carbocycles. The molecule has 1 saturated heterocycles. The van der Waals surface area contributed by atoms with Crippen molar-refractivity contribution in [3.63, 3.8) is 0 Å². The predicted octanol–water partition coefficient (Wildman–Crippen LogP) is 2.41. The maximum Gasteiger partial charge on any atom is 0.225 e. The second-order valence-corrected chi connectivity index (χ2v) is 5.59. The Bertz CT molecular complexity index is 574. The first-order valence-electron chi connectivity index (χ1n) is 7.73. The number of ether oxygens (including phenoxy) is 1. The van der Waals surface area contributed by atoms with Crippen LogP contribution in [0.3, 0.4) is 0 Å². The summed E-state index contributed by atoms with van der Waals surface area (Å²) in [5, 5.41) is 9.86. The topological polar surface area (TPSA) is 58.5 Å². The Morgan fingerprint density at radius 1 is 1.14 bits per heavy atom. The zero-order chi connectivity index (χ0) is 15.2. The van der Waals surface area contributed by atoms with Crippen LogP contribution < -0.4 is 9.64 Å². The van der Waals surface area contributed by atoms with Gasteiger partial charge in [0, 0.05) is 13.1 Å². The van der Waals surface area contributed by atoms with Crippen LogP contribution in [0.1, 0.15) is 24.8 Å². The van der Waals surface area contributed by atoms with E-state index in [9.17, 15) is 5.11 Å². The van der Waals surface area contributed by atoms with Crippen molar-refractivity contribution < 1.29 is 9.84 Å². The minimum atomic E-state index is -0.292. The third-order valence-electron chi connectivity index (χ3n) is 3.79. The van der Waals surface area contributed by atoms with Gasteiger partial charge in [0.1, 0.15) is 6.61 Å². The number of aliphatic hydroxyl groups is 1. The molecule has 1 aromatic heterocycles. The van der Waals surface area contributed by atoms with Gasteiger partial charge in [-0.25, -0.2) is 9.97 Å². The molecule has 1 fully saturated rings. The van der Waals surface area contributed by atoms with Crippen LogP contribution in [0.2, 0.25) is 0 Å². The zero-order valence-electron chi connectivity index (χ0n) is 12.6. The van der Waals surface area contributed by atoms with E-state index in [4.69, 9.17) is 4.74 Å². The highest BCUT2D eigenvalue weighted by Gasteiger charge is 2.18. The van der Waals surface area contributed by atoms with Crippen molar-refractivity contribution >= 4 is 5.95 Å². The molecule has 0 radical (unpaired) electrons. The standard InChI is InChI=1S/C17H21N3O2/c21-15-8-4-5-9-20(12-15)17-18-10-16(11-19-17)22-13-14-6-2-1-3-7-14/h1-3,6-7,10-11,15,21H,4-5,8-9,12-13H2. The van der Waals surface area contributed by atoms with Crippen LogP contribution in [-0.2, 0) is 6.61 Å². The summed E-state index contributed by atoms with van der Waals surface area (Å²) in [4.78, 5) is 10.8. The van der Waals surface area contributed by atoms with Gasteiger partial charge in [0.2, 0.25) is 5.95 Å². The van der Waals surface area contributed by atoms with E-state index in [0.717, 1.165) is 31.4 Å². The number of anilines is 1. The summed E-state index contributed by atoms with van der Waals surface area (Å²) in [6.45, 7) is 2.00. The van der Waals surface area contributed by atoms with Gasteiger partial charge in [0.15, 0.2) is 5.75 Å². The number of benzene rings is 1. The number of aliphatic hydroxyl groups excluding tert-OH is 1. The Kier molecular flexibility index (Phi) is 4.85. The lowest BCUT2D eigenvalue weighted by atomic mass is 10.2. The Balaban J connectivity index is 1.60. The lowest BCUT2D eigenvalue weighted by molar-refractivity contribution is 0.173. The number of hydrogen-bond acceptors (Lipinski definition) is 5. The van der Waals surface area contributed by atoms with Crippen LogP contribution in [0.5, 0.6) is 5.75 Å². The fourth-order valence-electron chi connectivity index (χ4n) is 2.59. The van der Waals surface area contributed by atoms with Gasteiger partial charge in [-0.05, 0) is 24.8 Å². The van der Waals surface area contributed by atoms with Crippen molar-refractivity contribution in [3.05, 3.63) is 48.3 Å². The van der Waals surface area contributed by atoms with E-state index >= 15 is 0 Å². The summed E-state index contributed by atoms with van der Waals surface area (Å²) in [5.74, 6) is 1.32. The monoisotopic (exact) mass is 299 g/mol. The quantitative estimate of drug-likeness (QED) is 0.939. The number of rotatable bonds is 4. The van der Waals surface area contributed by atoms with Gasteiger partial charge in [-0.2, -0.15) is 0 Å². The smallest absolute Gasteiger partial charge is 0.225 e. The minimum Gasteiger partial charge on any atom is -0.486 e. The van der Waals surface area contributed by atoms with Crippen molar-refractivity contribution in [2.45, 2.75) is 32.0 Å². The average Bonchev–Trinajstić information content (AvgIpc) is 2.79. The minimum absolute atomic E-state index is 0.292. The first-order chi connectivity index (χ1) is 10.8. The van der Waals surface area contributed by atoms with Gasteiger partial charge < -0.3 is 14.7 Å². The highest BCUT2D eigenvalue weighted by molar-refractivity contribution is 5.32. The van der Waals surface area contributed by atoms with Crippen molar-refractivity contribution in [2.75, 3.05) is 18.0 Å². The second kappa shape index (κ2) is 7.22. The van der Waals surface area contributed by atoms with Crippen LogP contribution in [0, 0.1) is 0 Å². The van der Waals surface area contributed by atoms with Crippen molar-refractivity contribution in [1.82, 2.24) is 9.97 Å². The lowest BCUT2D eigenvalue weighted by Crippen LogP contribution is -2.32. The van der Waals surface area contributed by atoms with Crippen molar-refractivity contribution in [1.29, 1.82) is 0 Å². The molecular formula is C17H21N3O2. The molecule has 116 valence electrons. The fourth-order valence-corrected chi connectivity index (χ4v) is 2.59. The molecule has 0 aliphatic carbocycles. The highest BCUT2D eigenvalue weighted by atomic mass is 16.5. The maximum atomic E-state index is 9.86. The van der Waals surface area contributed by atoms with Crippen molar-refractivity contribution in [2.24, 2.45) is 0 Å². The Hall–Kier alpha value is -2.14. The Labute approximate surface area is 130 Å². The average molecular weight is 299 g/mol. The summed E-state index contributed by atoms with van der Waals surface area (Å²) in [6.07, 6.45) is 6.07. The predicted molar refractivity (Wildman–Crippen MR) is 84.9 cm³/mol. The summed E-state index contributed by atoms with van der Waals surface area (Å²) in [7, 11) is 0. The molecule has 5 nitrogen and oxygen atoms in total. The fraction of sp³-hybridized carbons (Fsp3) is 0.412. The largest absolute Gasteiger partial charge is 0.486 e. The van der Waals surface area contributed by atoms with E-state index in [1.807, 2.05) is 35.2 Å². The summed E-state index contributed by atoms with van der Waals surface area (Å²) >= 11 is 0. The van der Waals surface area contributed by atoms with Gasteiger partial charge in [-0.3, -0.25) is 0 Å². The molecule has 1 aliphatic rings. The van der Waals surface area contributed by atoms with Crippen LogP contribution in [-0.4, -0.2) is 34.3 Å². The molecule has 22 heavy (non-hydrogen) atoms. The van der Waals surface area contributed by atoms with E-state index in [-0.39, 0.29) is 6.10 Å². The molecular weight excluding hydrogens is 278 g/mol. The molecule has 3 rings (SSSR count). The Morgan fingerprint density at radius 2 is 1.91 bits per heavy atom. The Morgan fingerprint density at radius 3 is 2.68 bits per heavy atom. The third-order valence-corrected chi connectivity index (χ3v) is 3.79. The molecule has 2 aromatic rings. The van der Waals surface area contributed by atoms with E-state index in [1.165, 1.54) is 0 Å². The molecule has 1 atom stereocenters. The summed E-state index contributed by atoms with van der Waals surface area (Å²) in [5.41, 5.74) is 1.11. The van der Waals surface area contributed by atoms with Crippen LogP contribution >= 0.6 is 0 Å². The number of hydrogen-bond donors (Lipinski definition) is 1. The highest BCUT2D eigenvalue weighted by Crippen LogP contribution is 2.18. The molecule has 1 aliphatic heterocycles. The van der Waals surface area contributed by atoms with Crippen LogP contribution in [0.25, 0.3) is 0 Å². The molecule has 0 amide bonds. The first kappa shape index (κ1) is 14.8. The number of nitrogens with zero attached hydrogens (tertiary/aromatic N) is 3. The maximum absolute atomic E-state index is 9.86. The van der Waals surface area contributed by atoms with E-state index in [2.05, 4.69) is 9.97 Å². The van der Waals surface area contributed by atoms with E-state index in [0.29, 0.717) is 24.8 Å². The first-order valence-corrected chi connectivity index (χ1v) is 7.73. The second-order valence-electron chi connectivity index (χ2n) is 5.59. The zero-order valence-corrected chi connectivity index (χ0v) is 12.6. The molecule has 1 unspecified atom stereocenters. The van der Waals surface area contributed by atoms with Gasteiger partial charge in [0.25, 0.3) is 0 Å². The van der Waals surface area contributed by atoms with E-state index < -0.39 is 0 Å². The number of aromatic nitrogens is 2. The van der Waals surface area contributed by atoms with E-state index in [1.54, 1.807) is 12.4 Å². The van der Waals surface area contributed by atoms with Crippen molar-refractivity contribution in [3.8, 4) is 5.75 Å². The molecule has 0 spiro atoms. The SMILES string of the molecule is OC1CCCCN(c2ncc(OCc3ccccc3)cn2)C1. The van der Waals surface area contributed by atoms with Crippen LogP contribution in [0.15, 0.2) is 42.7 Å². The van der Waals surface area contributed by atoms with Gasteiger partial charge in [-0.1, -0.05) is 30.3 Å². The summed E-state index contributed by atoms with van der Waals surface area (Å²) in [6, 6.07) is 10.0. The molecule has 1 N–H and O–H groups in total.